The molecule has 0 aliphatic rings. The maximum atomic E-state index is 11.3. The minimum Gasteiger partial charge on any atom is -0.395 e. The molecule has 1 rings (SSSR count). The van der Waals surface area contributed by atoms with E-state index in [-0.39, 0.29) is 24.4 Å². The summed E-state index contributed by atoms with van der Waals surface area (Å²) in [7, 11) is 0. The van der Waals surface area contributed by atoms with Gasteiger partial charge in [-0.3, -0.25) is 0 Å². The molecule has 18 heavy (non-hydrogen) atoms. The van der Waals surface area contributed by atoms with Gasteiger partial charge in [-0.15, -0.1) is 11.8 Å². The minimum atomic E-state index is -0.243. The molecule has 0 saturated heterocycles. The maximum absolute atomic E-state index is 11.3. The summed E-state index contributed by atoms with van der Waals surface area (Å²) in [4.78, 5) is 12.4. The molecule has 1 unspecified atom stereocenters. The third-order valence-electron chi connectivity index (χ3n) is 2.10. The van der Waals surface area contributed by atoms with Crippen LogP contribution < -0.4 is 10.6 Å². The number of amides is 2. The molecule has 100 valence electrons. The van der Waals surface area contributed by atoms with Crippen LogP contribution in [0.1, 0.15) is 6.92 Å². The summed E-state index contributed by atoms with van der Waals surface area (Å²) in [6.45, 7) is 2.87. The number of benzene rings is 1. The maximum Gasteiger partial charge on any atom is 0.314 e. The summed E-state index contributed by atoms with van der Waals surface area (Å²) < 4.78 is 1.06. The fourth-order valence-corrected chi connectivity index (χ4v) is 2.44. The molecule has 0 radical (unpaired) electrons. The van der Waals surface area contributed by atoms with Gasteiger partial charge in [0.2, 0.25) is 0 Å². The van der Waals surface area contributed by atoms with Gasteiger partial charge >= 0.3 is 6.03 Å². The zero-order valence-electron chi connectivity index (χ0n) is 10.1. The second-order valence-electron chi connectivity index (χ2n) is 3.74. The summed E-state index contributed by atoms with van der Waals surface area (Å²) >= 11 is 5.10. The predicted molar refractivity (Wildman–Crippen MR) is 77.9 cm³/mol. The van der Waals surface area contributed by atoms with Gasteiger partial charge < -0.3 is 15.7 Å². The topological polar surface area (TPSA) is 61.4 Å². The summed E-state index contributed by atoms with van der Waals surface area (Å²) in [6, 6.07) is 7.83. The van der Waals surface area contributed by atoms with Crippen molar-refractivity contribution in [2.75, 3.05) is 19.7 Å². The van der Waals surface area contributed by atoms with Crippen molar-refractivity contribution in [3.8, 4) is 0 Å². The quantitative estimate of drug-likeness (QED) is 0.700. The first-order valence-corrected chi connectivity index (χ1v) is 7.34. The van der Waals surface area contributed by atoms with E-state index in [1.54, 1.807) is 11.8 Å². The average Bonchev–Trinajstić information content (AvgIpc) is 2.36. The predicted octanol–water partition coefficient (Wildman–Crippen LogP) is 2.22. The number of carbonyl (C=O) groups excluding carboxylic acids is 1. The molecule has 1 aromatic carbocycles. The number of carbonyl (C=O) groups is 1. The average molecular weight is 333 g/mol. The Labute approximate surface area is 120 Å². The van der Waals surface area contributed by atoms with Gasteiger partial charge in [0.25, 0.3) is 0 Å². The minimum absolute atomic E-state index is 0.0450. The number of halogens is 1. The highest BCUT2D eigenvalue weighted by molar-refractivity contribution is 9.10. The fraction of sp³-hybridized carbons (Fsp3) is 0.417. The third-order valence-corrected chi connectivity index (χ3v) is 3.74. The highest BCUT2D eigenvalue weighted by Gasteiger charge is 2.06. The van der Waals surface area contributed by atoms with Crippen LogP contribution in [0.2, 0.25) is 0 Å². The van der Waals surface area contributed by atoms with Gasteiger partial charge in [0.05, 0.1) is 6.61 Å². The highest BCUT2D eigenvalue weighted by Crippen LogP contribution is 2.24. The molecular weight excluding hydrogens is 316 g/mol. The normalized spacial score (nSPS) is 11.9. The lowest BCUT2D eigenvalue weighted by Gasteiger charge is -2.12. The smallest absolute Gasteiger partial charge is 0.314 e. The Bertz CT molecular complexity index is 373. The molecule has 0 aromatic heterocycles. The molecule has 0 bridgehead atoms. The molecule has 3 N–H and O–H groups in total. The molecule has 0 saturated carbocycles. The number of thioether (sulfide) groups is 1. The van der Waals surface area contributed by atoms with E-state index >= 15 is 0 Å². The van der Waals surface area contributed by atoms with Gasteiger partial charge in [0.15, 0.2) is 0 Å². The summed E-state index contributed by atoms with van der Waals surface area (Å²) in [5.41, 5.74) is 0. The fourth-order valence-electron chi connectivity index (χ4n) is 1.26. The van der Waals surface area contributed by atoms with Crippen LogP contribution >= 0.6 is 27.7 Å². The van der Waals surface area contributed by atoms with Crippen molar-refractivity contribution in [3.05, 3.63) is 28.7 Å². The molecule has 0 heterocycles. The number of nitrogens with one attached hydrogen (secondary N) is 2. The van der Waals surface area contributed by atoms with E-state index in [0.717, 1.165) is 4.47 Å². The number of hydrogen-bond acceptors (Lipinski definition) is 3. The van der Waals surface area contributed by atoms with Gasteiger partial charge in [0, 0.05) is 27.7 Å². The Morgan fingerprint density at radius 3 is 2.67 bits per heavy atom. The van der Waals surface area contributed by atoms with E-state index in [2.05, 4.69) is 33.5 Å². The van der Waals surface area contributed by atoms with Crippen molar-refractivity contribution in [2.24, 2.45) is 0 Å². The lowest BCUT2D eigenvalue weighted by molar-refractivity contribution is 0.234. The SMILES string of the molecule is CC(CNC(=O)NCCO)Sc1ccc(Br)cc1. The van der Waals surface area contributed by atoms with Crippen LogP contribution in [0.4, 0.5) is 4.79 Å². The molecule has 1 aromatic rings. The van der Waals surface area contributed by atoms with E-state index in [1.807, 2.05) is 24.3 Å². The Morgan fingerprint density at radius 1 is 1.39 bits per heavy atom. The van der Waals surface area contributed by atoms with Crippen LogP contribution in [-0.4, -0.2) is 36.1 Å². The zero-order valence-corrected chi connectivity index (χ0v) is 12.6. The first-order chi connectivity index (χ1) is 8.61. The number of aliphatic hydroxyl groups excluding tert-OH is 1. The van der Waals surface area contributed by atoms with Crippen molar-refractivity contribution in [3.63, 3.8) is 0 Å². The van der Waals surface area contributed by atoms with Crippen molar-refractivity contribution in [2.45, 2.75) is 17.1 Å². The van der Waals surface area contributed by atoms with Crippen LogP contribution in [0.5, 0.6) is 0 Å². The van der Waals surface area contributed by atoms with E-state index in [1.165, 1.54) is 4.90 Å². The van der Waals surface area contributed by atoms with E-state index in [0.29, 0.717) is 6.54 Å². The van der Waals surface area contributed by atoms with E-state index in [9.17, 15) is 4.79 Å². The zero-order chi connectivity index (χ0) is 13.4. The molecule has 2 amide bonds. The lowest BCUT2D eigenvalue weighted by Crippen LogP contribution is -2.39. The molecule has 0 spiro atoms. The number of urea groups is 1. The lowest BCUT2D eigenvalue weighted by atomic mass is 10.4. The van der Waals surface area contributed by atoms with Crippen LogP contribution in [-0.2, 0) is 0 Å². The molecule has 4 nitrogen and oxygen atoms in total. The van der Waals surface area contributed by atoms with Crippen LogP contribution in [0, 0.1) is 0 Å². The summed E-state index contributed by atoms with van der Waals surface area (Å²) in [5, 5.41) is 14.1. The molecule has 1 atom stereocenters. The molecule has 0 aliphatic heterocycles. The van der Waals surface area contributed by atoms with Gasteiger partial charge in [-0.25, -0.2) is 4.79 Å². The largest absolute Gasteiger partial charge is 0.395 e. The number of hydrogen-bond donors (Lipinski definition) is 3. The first-order valence-electron chi connectivity index (χ1n) is 5.66. The van der Waals surface area contributed by atoms with E-state index in [4.69, 9.17) is 5.11 Å². The van der Waals surface area contributed by atoms with Gasteiger partial charge in [0.1, 0.15) is 0 Å². The Balaban J connectivity index is 2.27. The van der Waals surface area contributed by atoms with Crippen LogP contribution in [0.15, 0.2) is 33.6 Å². The number of rotatable bonds is 6. The van der Waals surface area contributed by atoms with Crippen LogP contribution in [0.25, 0.3) is 0 Å². The second-order valence-corrected chi connectivity index (χ2v) is 6.17. The molecular formula is C12H17BrN2O2S. The standard InChI is InChI=1S/C12H17BrN2O2S/c1-9(8-15-12(17)14-6-7-16)18-11-4-2-10(13)3-5-11/h2-5,9,16H,6-8H2,1H3,(H2,14,15,17). The Morgan fingerprint density at radius 2 is 2.06 bits per heavy atom. The molecule has 0 aliphatic carbocycles. The second kappa shape index (κ2) is 8.39. The molecule has 0 fully saturated rings. The first kappa shape index (κ1) is 15.3. The van der Waals surface area contributed by atoms with Crippen molar-refractivity contribution < 1.29 is 9.90 Å². The molecule has 6 heteroatoms. The monoisotopic (exact) mass is 332 g/mol. The summed E-state index contributed by atoms with van der Waals surface area (Å²) in [6.07, 6.45) is 0. The van der Waals surface area contributed by atoms with E-state index < -0.39 is 0 Å². The van der Waals surface area contributed by atoms with Crippen molar-refractivity contribution in [1.29, 1.82) is 0 Å². The third kappa shape index (κ3) is 6.28. The summed E-state index contributed by atoms with van der Waals surface area (Å²) in [5.74, 6) is 0. The Hall–Kier alpha value is -0.720. The van der Waals surface area contributed by atoms with Crippen molar-refractivity contribution in [1.82, 2.24) is 10.6 Å². The van der Waals surface area contributed by atoms with Crippen molar-refractivity contribution >= 4 is 33.7 Å². The highest BCUT2D eigenvalue weighted by atomic mass is 79.9. The van der Waals surface area contributed by atoms with Gasteiger partial charge in [-0.05, 0) is 24.3 Å². The number of aliphatic hydroxyl groups is 1. The van der Waals surface area contributed by atoms with Gasteiger partial charge in [-0.1, -0.05) is 22.9 Å². The van der Waals surface area contributed by atoms with Crippen LogP contribution in [0.3, 0.4) is 0 Å². The van der Waals surface area contributed by atoms with Gasteiger partial charge in [-0.2, -0.15) is 0 Å². The Kier molecular flexibility index (Phi) is 7.15.